The molecule has 174 valence electrons. The second kappa shape index (κ2) is 9.20. The van der Waals surface area contributed by atoms with Crippen LogP contribution in [0.15, 0.2) is 53.4 Å². The largest absolute Gasteiger partial charge is 0.450 e. The van der Waals surface area contributed by atoms with E-state index in [2.05, 4.69) is 5.32 Å². The molecule has 0 atom stereocenters. The van der Waals surface area contributed by atoms with Gasteiger partial charge >= 0.3 is 6.09 Å². The molecule has 2 aromatic carbocycles. The van der Waals surface area contributed by atoms with Crippen molar-refractivity contribution in [1.29, 1.82) is 0 Å². The number of sulfonamides is 1. The van der Waals surface area contributed by atoms with Crippen molar-refractivity contribution < 1.29 is 27.5 Å². The first-order valence-corrected chi connectivity index (χ1v) is 12.0. The first-order chi connectivity index (χ1) is 15.8. The van der Waals surface area contributed by atoms with Crippen molar-refractivity contribution in [3.8, 4) is 0 Å². The van der Waals surface area contributed by atoms with Gasteiger partial charge in [0.05, 0.1) is 22.9 Å². The summed E-state index contributed by atoms with van der Waals surface area (Å²) < 4.78 is 32.3. The van der Waals surface area contributed by atoms with Gasteiger partial charge in [0.25, 0.3) is 5.91 Å². The molecule has 10 nitrogen and oxygen atoms in total. The zero-order chi connectivity index (χ0) is 23.6. The number of ether oxygens (including phenoxy) is 1. The molecule has 11 heteroatoms. The van der Waals surface area contributed by atoms with E-state index >= 15 is 0 Å². The van der Waals surface area contributed by atoms with Gasteiger partial charge in [0.1, 0.15) is 6.54 Å². The zero-order valence-corrected chi connectivity index (χ0v) is 18.9. The fraction of sp³-hybridized carbons (Fsp3) is 0.318. The van der Waals surface area contributed by atoms with Gasteiger partial charge in [0.15, 0.2) is 0 Å². The Morgan fingerprint density at radius 2 is 1.67 bits per heavy atom. The molecule has 2 aliphatic heterocycles. The van der Waals surface area contributed by atoms with Crippen LogP contribution in [0.25, 0.3) is 0 Å². The summed E-state index contributed by atoms with van der Waals surface area (Å²) in [6.45, 7) is 2.64. The van der Waals surface area contributed by atoms with Gasteiger partial charge in [0, 0.05) is 31.7 Å². The fourth-order valence-corrected chi connectivity index (χ4v) is 5.24. The number of hydrogen-bond donors (Lipinski definition) is 1. The topological polar surface area (TPSA) is 116 Å². The molecular formula is C22H24N4O6S. The molecule has 0 radical (unpaired) electrons. The average Bonchev–Trinajstić information content (AvgIpc) is 2.83. The number of piperazine rings is 1. The third-order valence-corrected chi connectivity index (χ3v) is 7.43. The summed E-state index contributed by atoms with van der Waals surface area (Å²) in [5.74, 6) is -0.701. The molecule has 0 aromatic heterocycles. The van der Waals surface area contributed by atoms with Gasteiger partial charge in [-0.15, -0.1) is 0 Å². The van der Waals surface area contributed by atoms with E-state index in [0.29, 0.717) is 11.4 Å². The number of carbonyl (C=O) groups excluding carboxylic acids is 3. The lowest BCUT2D eigenvalue weighted by Crippen LogP contribution is -2.50. The molecule has 0 saturated carbocycles. The number of nitrogens with zero attached hydrogens (tertiary/aromatic N) is 3. The van der Waals surface area contributed by atoms with E-state index < -0.39 is 22.0 Å². The minimum absolute atomic E-state index is 0.0559. The maximum absolute atomic E-state index is 13.1. The van der Waals surface area contributed by atoms with Crippen molar-refractivity contribution in [3.05, 3.63) is 54.1 Å². The van der Waals surface area contributed by atoms with E-state index in [4.69, 9.17) is 4.74 Å². The summed E-state index contributed by atoms with van der Waals surface area (Å²) in [5.41, 5.74) is 1.40. The highest BCUT2D eigenvalue weighted by molar-refractivity contribution is 7.89. The number of anilines is 2. The van der Waals surface area contributed by atoms with Gasteiger partial charge in [-0.1, -0.05) is 12.1 Å². The van der Waals surface area contributed by atoms with Crippen LogP contribution >= 0.6 is 0 Å². The van der Waals surface area contributed by atoms with Gasteiger partial charge in [-0.05, 0) is 43.3 Å². The number of nitrogens with one attached hydrogen (secondary N) is 1. The second-order valence-corrected chi connectivity index (χ2v) is 9.51. The van der Waals surface area contributed by atoms with Crippen molar-refractivity contribution in [3.63, 3.8) is 0 Å². The Morgan fingerprint density at radius 1 is 1.00 bits per heavy atom. The molecule has 1 N–H and O–H groups in total. The molecule has 2 aromatic rings. The summed E-state index contributed by atoms with van der Waals surface area (Å²) in [6, 6.07) is 12.6. The molecule has 0 unspecified atom stereocenters. The fourth-order valence-electron chi connectivity index (χ4n) is 3.81. The predicted molar refractivity (Wildman–Crippen MR) is 121 cm³/mol. The smallest absolute Gasteiger partial charge is 0.409 e. The molecule has 0 bridgehead atoms. The van der Waals surface area contributed by atoms with Crippen molar-refractivity contribution in [1.82, 2.24) is 9.21 Å². The summed E-state index contributed by atoms with van der Waals surface area (Å²) in [4.78, 5) is 39.8. The number of hydrogen-bond acceptors (Lipinski definition) is 6. The van der Waals surface area contributed by atoms with E-state index in [1.165, 1.54) is 38.4 Å². The van der Waals surface area contributed by atoms with Crippen LogP contribution < -0.4 is 10.2 Å². The Kier molecular flexibility index (Phi) is 6.34. The van der Waals surface area contributed by atoms with Crippen LogP contribution in [-0.2, 0) is 19.6 Å². The van der Waals surface area contributed by atoms with Crippen LogP contribution in [0.5, 0.6) is 0 Å². The van der Waals surface area contributed by atoms with Gasteiger partial charge in [-0.2, -0.15) is 4.31 Å². The predicted octanol–water partition coefficient (Wildman–Crippen LogP) is 1.75. The second-order valence-electron chi connectivity index (χ2n) is 7.57. The Bertz CT molecular complexity index is 1170. The van der Waals surface area contributed by atoms with Crippen LogP contribution in [0.2, 0.25) is 0 Å². The van der Waals surface area contributed by atoms with Gasteiger partial charge < -0.3 is 15.0 Å². The molecule has 1 fully saturated rings. The molecule has 2 aliphatic rings. The third kappa shape index (κ3) is 4.55. The Hall–Kier alpha value is -3.44. The van der Waals surface area contributed by atoms with E-state index in [9.17, 15) is 22.8 Å². The normalized spacial score (nSPS) is 16.7. The number of fused-ring (bicyclic) bond motifs is 1. The lowest BCUT2D eigenvalue weighted by atomic mass is 10.1. The van der Waals surface area contributed by atoms with E-state index in [1.807, 2.05) is 0 Å². The van der Waals surface area contributed by atoms with Gasteiger partial charge in [-0.25, -0.2) is 13.2 Å². The molecule has 0 aliphatic carbocycles. The van der Waals surface area contributed by atoms with Crippen LogP contribution in [0.3, 0.4) is 0 Å². The summed E-state index contributed by atoms with van der Waals surface area (Å²) in [5, 5.41) is 2.73. The zero-order valence-electron chi connectivity index (χ0n) is 18.1. The van der Waals surface area contributed by atoms with Crippen LogP contribution in [0.4, 0.5) is 16.2 Å². The highest BCUT2D eigenvalue weighted by Crippen LogP contribution is 2.30. The lowest BCUT2D eigenvalue weighted by molar-refractivity contribution is -0.115. The SMILES string of the molecule is CCOC(=O)N1CCN(S(=O)(=O)c2ccc(C(=O)N3CC(=O)Nc4ccccc43)cc2)CC1. The maximum atomic E-state index is 13.1. The quantitative estimate of drug-likeness (QED) is 0.725. The molecule has 33 heavy (non-hydrogen) atoms. The first kappa shape index (κ1) is 22.7. The van der Waals surface area contributed by atoms with Crippen molar-refractivity contribution in [2.45, 2.75) is 11.8 Å². The molecule has 2 heterocycles. The van der Waals surface area contributed by atoms with E-state index in [0.717, 1.165) is 0 Å². The number of rotatable bonds is 4. The van der Waals surface area contributed by atoms with Crippen LogP contribution in [0.1, 0.15) is 17.3 Å². The molecular weight excluding hydrogens is 448 g/mol. The standard InChI is InChI=1S/C22H24N4O6S/c1-2-32-22(29)24-11-13-25(14-12-24)33(30,31)17-9-7-16(8-10-17)21(28)26-15-20(27)23-18-5-3-4-6-19(18)26/h3-10H,2,11-15H2,1H3,(H,23,27). The van der Waals surface area contributed by atoms with Crippen LogP contribution in [0, 0.1) is 0 Å². The molecule has 4 rings (SSSR count). The van der Waals surface area contributed by atoms with Crippen molar-refractivity contribution >= 4 is 39.3 Å². The number of amides is 3. The van der Waals surface area contributed by atoms with Gasteiger partial charge in [-0.3, -0.25) is 14.5 Å². The van der Waals surface area contributed by atoms with Crippen LogP contribution in [-0.4, -0.2) is 74.9 Å². The Balaban J connectivity index is 1.48. The molecule has 3 amide bonds. The average molecular weight is 473 g/mol. The molecule has 1 saturated heterocycles. The number of carbonyl (C=O) groups is 3. The Labute approximate surface area is 191 Å². The summed E-state index contributed by atoms with van der Waals surface area (Å²) >= 11 is 0. The molecule has 0 spiro atoms. The van der Waals surface area contributed by atoms with E-state index in [1.54, 1.807) is 31.2 Å². The highest BCUT2D eigenvalue weighted by Gasteiger charge is 2.31. The summed E-state index contributed by atoms with van der Waals surface area (Å²) in [6.07, 6.45) is -0.453. The van der Waals surface area contributed by atoms with Crippen molar-refractivity contribution in [2.75, 3.05) is 49.5 Å². The highest BCUT2D eigenvalue weighted by atomic mass is 32.2. The van der Waals surface area contributed by atoms with Gasteiger partial charge in [0.2, 0.25) is 15.9 Å². The van der Waals surface area contributed by atoms with Crippen molar-refractivity contribution in [2.24, 2.45) is 0 Å². The Morgan fingerprint density at radius 3 is 2.33 bits per heavy atom. The summed E-state index contributed by atoms with van der Waals surface area (Å²) in [7, 11) is -3.78. The minimum atomic E-state index is -3.78. The first-order valence-electron chi connectivity index (χ1n) is 10.5. The lowest BCUT2D eigenvalue weighted by Gasteiger charge is -2.33. The monoisotopic (exact) mass is 472 g/mol. The number of para-hydroxylation sites is 2. The minimum Gasteiger partial charge on any atom is -0.450 e. The number of benzene rings is 2. The van der Waals surface area contributed by atoms with E-state index in [-0.39, 0.29) is 55.7 Å². The maximum Gasteiger partial charge on any atom is 0.409 e. The third-order valence-electron chi connectivity index (χ3n) is 5.52.